The first-order chi connectivity index (χ1) is 8.25. The zero-order valence-corrected chi connectivity index (χ0v) is 8.64. The highest BCUT2D eigenvalue weighted by atomic mass is 19.2. The highest BCUT2D eigenvalue weighted by Crippen LogP contribution is 2.16. The summed E-state index contributed by atoms with van der Waals surface area (Å²) >= 11 is 0. The lowest BCUT2D eigenvalue weighted by Crippen LogP contribution is -2.03. The van der Waals surface area contributed by atoms with Crippen LogP contribution < -0.4 is 0 Å². The van der Waals surface area contributed by atoms with E-state index in [4.69, 9.17) is 0 Å². The zero-order chi connectivity index (χ0) is 11.8. The molecule has 0 saturated heterocycles. The molecule has 0 aliphatic rings. The van der Waals surface area contributed by atoms with Gasteiger partial charge in [-0.05, 0) is 24.3 Å². The highest BCUT2D eigenvalue weighted by molar-refractivity contribution is 5.73. The van der Waals surface area contributed by atoms with E-state index in [9.17, 15) is 8.78 Å². The quantitative estimate of drug-likeness (QED) is 0.644. The molecule has 17 heavy (non-hydrogen) atoms. The minimum atomic E-state index is -0.951. The minimum Gasteiger partial charge on any atom is -0.204 e. The summed E-state index contributed by atoms with van der Waals surface area (Å²) in [7, 11) is 0. The summed E-state index contributed by atoms with van der Waals surface area (Å²) in [6.07, 6.45) is 0. The first-order valence-corrected chi connectivity index (χ1v) is 5.02. The zero-order valence-electron chi connectivity index (χ0n) is 8.64. The maximum atomic E-state index is 13.5. The lowest BCUT2D eigenvalue weighted by Gasteiger charge is -2.00. The molecule has 2 aromatic carbocycles. The van der Waals surface area contributed by atoms with E-state index >= 15 is 0 Å². The van der Waals surface area contributed by atoms with Crippen molar-refractivity contribution in [3.05, 3.63) is 54.1 Å². The molecule has 0 spiro atoms. The van der Waals surface area contributed by atoms with E-state index < -0.39 is 11.6 Å². The van der Waals surface area contributed by atoms with Gasteiger partial charge >= 0.3 is 0 Å². The fourth-order valence-electron chi connectivity index (χ4n) is 1.61. The Labute approximate surface area is 95.3 Å². The lowest BCUT2D eigenvalue weighted by atomic mass is 10.3. The summed E-state index contributed by atoms with van der Waals surface area (Å²) in [5, 5.41) is 8.17. The molecule has 0 N–H and O–H groups in total. The van der Waals surface area contributed by atoms with Crippen molar-refractivity contribution in [1.82, 2.24) is 15.0 Å². The predicted molar refractivity (Wildman–Crippen MR) is 58.8 cm³/mol. The van der Waals surface area contributed by atoms with Crippen LogP contribution in [0.3, 0.4) is 0 Å². The monoisotopic (exact) mass is 231 g/mol. The fourth-order valence-corrected chi connectivity index (χ4v) is 1.61. The van der Waals surface area contributed by atoms with Crippen molar-refractivity contribution in [2.45, 2.75) is 0 Å². The van der Waals surface area contributed by atoms with Crippen LogP contribution in [-0.4, -0.2) is 15.0 Å². The van der Waals surface area contributed by atoms with Crippen molar-refractivity contribution in [1.29, 1.82) is 0 Å². The third kappa shape index (κ3) is 1.56. The molecule has 0 fully saturated rings. The average molecular weight is 231 g/mol. The number of nitrogens with zero attached hydrogens (tertiary/aromatic N) is 3. The fraction of sp³-hybridized carbons (Fsp3) is 0. The van der Waals surface area contributed by atoms with Crippen LogP contribution in [0.25, 0.3) is 16.7 Å². The minimum absolute atomic E-state index is 0.00111. The van der Waals surface area contributed by atoms with Crippen molar-refractivity contribution in [2.75, 3.05) is 0 Å². The van der Waals surface area contributed by atoms with Gasteiger partial charge in [0.15, 0.2) is 11.6 Å². The van der Waals surface area contributed by atoms with E-state index in [1.165, 1.54) is 12.1 Å². The van der Waals surface area contributed by atoms with Crippen molar-refractivity contribution in [3.8, 4) is 5.69 Å². The average Bonchev–Trinajstić information content (AvgIpc) is 2.76. The molecular formula is C12H7F2N3. The summed E-state index contributed by atoms with van der Waals surface area (Å²) < 4.78 is 26.6. The molecule has 3 nitrogen and oxygen atoms in total. The highest BCUT2D eigenvalue weighted by Gasteiger charge is 2.12. The molecule has 1 heterocycles. The molecule has 0 bridgehead atoms. The molecule has 0 aliphatic carbocycles. The Balaban J connectivity index is 2.24. The molecule has 0 saturated carbocycles. The third-order valence-corrected chi connectivity index (χ3v) is 2.43. The SMILES string of the molecule is Fc1cccc(-n2nc3ccccc3n2)c1F. The molecule has 0 aliphatic heterocycles. The van der Waals surface area contributed by atoms with Gasteiger partial charge in [-0.15, -0.1) is 15.0 Å². The van der Waals surface area contributed by atoms with Gasteiger partial charge in [-0.25, -0.2) is 8.78 Å². The van der Waals surface area contributed by atoms with Gasteiger partial charge in [-0.1, -0.05) is 18.2 Å². The van der Waals surface area contributed by atoms with Gasteiger partial charge in [0, 0.05) is 0 Å². The first kappa shape index (κ1) is 9.89. The van der Waals surface area contributed by atoms with E-state index in [0.29, 0.717) is 11.0 Å². The molecule has 0 radical (unpaired) electrons. The van der Waals surface area contributed by atoms with Crippen molar-refractivity contribution in [3.63, 3.8) is 0 Å². The first-order valence-electron chi connectivity index (χ1n) is 5.02. The Morgan fingerprint density at radius 2 is 1.47 bits per heavy atom. The largest absolute Gasteiger partial charge is 0.204 e. The third-order valence-electron chi connectivity index (χ3n) is 2.43. The standard InChI is InChI=1S/C12H7F2N3/c13-8-4-3-7-11(12(8)14)17-15-9-5-1-2-6-10(9)16-17/h1-7H. The van der Waals surface area contributed by atoms with Crippen LogP contribution in [0.4, 0.5) is 8.78 Å². The Morgan fingerprint density at radius 3 is 2.12 bits per heavy atom. The van der Waals surface area contributed by atoms with E-state index in [2.05, 4.69) is 10.2 Å². The number of fused-ring (bicyclic) bond motifs is 1. The Hall–Kier alpha value is -2.30. The van der Waals surface area contributed by atoms with Crippen molar-refractivity contribution >= 4 is 11.0 Å². The molecule has 0 unspecified atom stereocenters. The Morgan fingerprint density at radius 1 is 0.824 bits per heavy atom. The van der Waals surface area contributed by atoms with E-state index in [1.807, 2.05) is 12.1 Å². The summed E-state index contributed by atoms with van der Waals surface area (Å²) in [5.74, 6) is -1.86. The van der Waals surface area contributed by atoms with Crippen molar-refractivity contribution < 1.29 is 8.78 Å². The Kier molecular flexibility index (Phi) is 2.11. The van der Waals surface area contributed by atoms with Crippen LogP contribution in [0.1, 0.15) is 0 Å². The number of rotatable bonds is 1. The van der Waals surface area contributed by atoms with Crippen LogP contribution in [0.2, 0.25) is 0 Å². The van der Waals surface area contributed by atoms with Crippen LogP contribution in [0.5, 0.6) is 0 Å². The van der Waals surface area contributed by atoms with E-state index in [-0.39, 0.29) is 5.69 Å². The van der Waals surface area contributed by atoms with Gasteiger partial charge < -0.3 is 0 Å². The normalized spacial score (nSPS) is 10.9. The maximum Gasteiger partial charge on any atom is 0.186 e. The summed E-state index contributed by atoms with van der Waals surface area (Å²) in [4.78, 5) is 1.10. The van der Waals surface area contributed by atoms with E-state index in [1.54, 1.807) is 12.1 Å². The molecule has 1 aromatic heterocycles. The van der Waals surface area contributed by atoms with Crippen LogP contribution in [0, 0.1) is 11.6 Å². The maximum absolute atomic E-state index is 13.5. The number of aromatic nitrogens is 3. The molecule has 3 aromatic rings. The summed E-state index contributed by atoms with van der Waals surface area (Å²) in [6.45, 7) is 0. The molecule has 3 rings (SSSR count). The van der Waals surface area contributed by atoms with Gasteiger partial charge in [0.05, 0.1) is 0 Å². The summed E-state index contributed by atoms with van der Waals surface area (Å²) in [5.41, 5.74) is 1.27. The molecule has 5 heteroatoms. The summed E-state index contributed by atoms with van der Waals surface area (Å²) in [6, 6.07) is 11.0. The number of hydrogen-bond acceptors (Lipinski definition) is 2. The molecule has 84 valence electrons. The molecular weight excluding hydrogens is 224 g/mol. The predicted octanol–water partition coefficient (Wildman–Crippen LogP) is 2.70. The van der Waals surface area contributed by atoms with Crippen molar-refractivity contribution in [2.24, 2.45) is 0 Å². The number of halogens is 2. The smallest absolute Gasteiger partial charge is 0.186 e. The van der Waals surface area contributed by atoms with Gasteiger partial charge in [-0.2, -0.15) is 0 Å². The second-order valence-electron chi connectivity index (χ2n) is 3.55. The van der Waals surface area contributed by atoms with Gasteiger partial charge in [0.1, 0.15) is 16.7 Å². The van der Waals surface area contributed by atoms with Gasteiger partial charge in [0.25, 0.3) is 0 Å². The Bertz CT molecular complexity index is 658. The van der Waals surface area contributed by atoms with Gasteiger partial charge in [0.2, 0.25) is 0 Å². The topological polar surface area (TPSA) is 30.7 Å². The van der Waals surface area contributed by atoms with Crippen LogP contribution >= 0.6 is 0 Å². The second kappa shape index (κ2) is 3.62. The van der Waals surface area contributed by atoms with Crippen LogP contribution in [-0.2, 0) is 0 Å². The van der Waals surface area contributed by atoms with E-state index in [0.717, 1.165) is 10.9 Å². The van der Waals surface area contributed by atoms with Crippen LogP contribution in [0.15, 0.2) is 42.5 Å². The second-order valence-corrected chi connectivity index (χ2v) is 3.55. The van der Waals surface area contributed by atoms with Gasteiger partial charge in [-0.3, -0.25) is 0 Å². The number of benzene rings is 2. The molecule has 0 atom stereocenters. The number of hydrogen-bond donors (Lipinski definition) is 0. The molecule has 0 amide bonds. The lowest BCUT2D eigenvalue weighted by molar-refractivity contribution is 0.497.